The van der Waals surface area contributed by atoms with Crippen LogP contribution >= 0.6 is 35.1 Å². The maximum atomic E-state index is 11.8. The number of imidazole rings is 1. The lowest BCUT2D eigenvalue weighted by Gasteiger charge is -2.19. The highest BCUT2D eigenvalue weighted by atomic mass is 35.5. The van der Waals surface area contributed by atoms with E-state index in [1.807, 2.05) is 0 Å². The first-order chi connectivity index (χ1) is 14.6. The number of aliphatic hydroxyl groups is 2. The van der Waals surface area contributed by atoms with Crippen LogP contribution in [0, 0.1) is 0 Å². The zero-order chi connectivity index (χ0) is 24.1. The number of aromatic nitrogens is 4. The Morgan fingerprint density at radius 1 is 1.12 bits per heavy atom. The lowest BCUT2D eigenvalue weighted by atomic mass is 10.1. The van der Waals surface area contributed by atoms with Gasteiger partial charge < -0.3 is 34.5 Å². The fourth-order valence-corrected chi connectivity index (χ4v) is 5.85. The zero-order valence-electron chi connectivity index (χ0n) is 15.1. The van der Waals surface area contributed by atoms with Crippen molar-refractivity contribution in [3.63, 3.8) is 0 Å². The van der Waals surface area contributed by atoms with Crippen molar-refractivity contribution in [3.8, 4) is 0 Å². The summed E-state index contributed by atoms with van der Waals surface area (Å²) in [6, 6.07) is 0. The largest absolute Gasteiger partial charge is 0.490 e. The van der Waals surface area contributed by atoms with Gasteiger partial charge in [0.1, 0.15) is 18.3 Å². The Morgan fingerprint density at radius 3 is 2.41 bits per heavy atom. The molecule has 32 heavy (non-hydrogen) atoms. The molecule has 0 bridgehead atoms. The average Bonchev–Trinajstić information content (AvgIpc) is 3.12. The summed E-state index contributed by atoms with van der Waals surface area (Å²) < 4.78 is 51.6. The van der Waals surface area contributed by atoms with E-state index in [4.69, 9.17) is 31.0 Å². The molecule has 2 aromatic rings. The van der Waals surface area contributed by atoms with Crippen LogP contribution in [0.25, 0.3) is 11.2 Å². The number of hydrogen-bond acceptors (Lipinski definition) is 12. The molecule has 3 rings (SSSR count). The smallest absolute Gasteiger partial charge is 0.387 e. The Labute approximate surface area is 180 Å². The van der Waals surface area contributed by atoms with E-state index in [-0.39, 0.29) is 16.4 Å². The van der Waals surface area contributed by atoms with Crippen molar-refractivity contribution in [1.82, 2.24) is 19.5 Å². The van der Waals surface area contributed by atoms with Gasteiger partial charge in [-0.05, 0) is 11.6 Å². The highest BCUT2D eigenvalue weighted by molar-refractivity contribution is 7.66. The van der Waals surface area contributed by atoms with Gasteiger partial charge >= 0.3 is 23.5 Å². The number of aliphatic hydroxyl groups excluding tert-OH is 2. The Morgan fingerprint density at radius 2 is 1.78 bits per heavy atom. The van der Waals surface area contributed by atoms with E-state index in [2.05, 4.69) is 28.1 Å². The Bertz CT molecular complexity index is 1210. The van der Waals surface area contributed by atoms with Gasteiger partial charge in [0.2, 0.25) is 5.28 Å². The number of fused-ring (bicyclic) bond motifs is 1. The van der Waals surface area contributed by atoms with E-state index in [0.717, 1.165) is 10.9 Å². The third-order valence-electron chi connectivity index (χ3n) is 3.83. The van der Waals surface area contributed by atoms with Gasteiger partial charge in [-0.3, -0.25) is 18.9 Å². The minimum absolute atomic E-state index is 0.122. The second kappa shape index (κ2) is 8.94. The summed E-state index contributed by atoms with van der Waals surface area (Å²) >= 11 is 5.69. The monoisotopic (exact) mass is 542 g/mol. The molecule has 3 heterocycles. The number of hydrogen-bond donors (Lipinski definition) is 7. The molecule has 0 aromatic carbocycles. The molecule has 0 spiro atoms. The topological polar surface area (TPSA) is 273 Å². The van der Waals surface area contributed by atoms with E-state index in [1.54, 1.807) is 0 Å². The first kappa shape index (κ1) is 25.6. The predicted molar refractivity (Wildman–Crippen MR) is 98.9 cm³/mol. The number of aromatic amines is 1. The van der Waals surface area contributed by atoms with E-state index < -0.39 is 60.2 Å². The average molecular weight is 543 g/mol. The summed E-state index contributed by atoms with van der Waals surface area (Å²) in [5.41, 5.74) is -0.990. The van der Waals surface area contributed by atoms with Crippen LogP contribution in [-0.4, -0.2) is 74.2 Å². The quantitative estimate of drug-likeness (QED) is 0.151. The van der Waals surface area contributed by atoms with Crippen LogP contribution in [-0.2, 0) is 31.6 Å². The van der Waals surface area contributed by atoms with Crippen molar-refractivity contribution in [3.05, 3.63) is 22.0 Å². The molecule has 0 aliphatic carbocycles. The molecular weight excluding hydrogens is 528 g/mol. The number of phosphoric acid groups is 3. The number of ether oxygens (including phenoxy) is 1. The second-order valence-corrected chi connectivity index (χ2v) is 10.9. The molecule has 2 aromatic heterocycles. The third kappa shape index (κ3) is 5.88. The number of H-pyrrole nitrogens is 1. The molecule has 1 saturated heterocycles. The molecule has 18 nitrogen and oxygen atoms in total. The summed E-state index contributed by atoms with van der Waals surface area (Å²) in [5, 5.41) is 20.1. The van der Waals surface area contributed by atoms with Crippen LogP contribution in [0.4, 0.5) is 0 Å². The minimum atomic E-state index is -5.73. The van der Waals surface area contributed by atoms with Gasteiger partial charge in [0.25, 0.3) is 5.56 Å². The molecule has 1 aliphatic heterocycles. The number of nitrogens with zero attached hydrogens (tertiary/aromatic N) is 3. The lowest BCUT2D eigenvalue weighted by molar-refractivity contribution is -0.0503. The molecule has 0 amide bonds. The van der Waals surface area contributed by atoms with Crippen molar-refractivity contribution in [2.75, 3.05) is 6.61 Å². The van der Waals surface area contributed by atoms with E-state index >= 15 is 0 Å². The molecule has 180 valence electrons. The number of phosphoric ester groups is 1. The second-order valence-electron chi connectivity index (χ2n) is 6.11. The van der Waals surface area contributed by atoms with Crippen LogP contribution in [0.2, 0.25) is 5.28 Å². The normalized spacial score (nSPS) is 28.0. The Hall–Kier alpha value is -1.07. The van der Waals surface area contributed by atoms with Gasteiger partial charge in [-0.1, -0.05) is 0 Å². The summed E-state index contributed by atoms with van der Waals surface area (Å²) in [5.74, 6) is 0. The SMILES string of the molecule is O=c1[nH]c(Cl)nc2c1ncn2[C@@H]1O[C@H](COP(=O)(O)OP(=O)(O)OP(=O)(O)O)[C@@H](O)[C@H]1O. The van der Waals surface area contributed by atoms with Gasteiger partial charge in [-0.15, -0.1) is 0 Å². The summed E-state index contributed by atoms with van der Waals surface area (Å²) in [6.07, 6.45) is -5.34. The van der Waals surface area contributed by atoms with Gasteiger partial charge in [0.05, 0.1) is 12.9 Å². The molecule has 0 radical (unpaired) electrons. The summed E-state index contributed by atoms with van der Waals surface area (Å²) in [7, 11) is -16.8. The van der Waals surface area contributed by atoms with Gasteiger partial charge in [0.15, 0.2) is 17.4 Å². The Kier molecular flexibility index (Phi) is 7.14. The van der Waals surface area contributed by atoms with Crippen molar-refractivity contribution in [2.24, 2.45) is 0 Å². The minimum Gasteiger partial charge on any atom is -0.387 e. The first-order valence-corrected chi connectivity index (χ1v) is 12.9. The molecule has 1 aliphatic rings. The Balaban J connectivity index is 1.72. The third-order valence-corrected chi connectivity index (χ3v) is 7.81. The standard InChI is InChI=1S/C10H14ClN4O14P3/c11-10-13-7-4(8(18)14-10)12-2-15(7)9-6(17)5(16)3(27-9)1-26-31(22,23)29-32(24,25)28-30(19,20)21/h2-3,5-6,9,16-17H,1H2,(H,22,23)(H,24,25)(H,13,14,18)(H2,19,20,21)/t3-,5-,6-,9-/m1/s1. The summed E-state index contributed by atoms with van der Waals surface area (Å²) in [4.78, 5) is 57.2. The predicted octanol–water partition coefficient (Wildman–Crippen LogP) is -1.26. The molecule has 2 unspecified atom stereocenters. The van der Waals surface area contributed by atoms with E-state index in [9.17, 15) is 33.6 Å². The lowest BCUT2D eigenvalue weighted by Crippen LogP contribution is -2.33. The van der Waals surface area contributed by atoms with Crippen LogP contribution in [0.5, 0.6) is 0 Å². The van der Waals surface area contributed by atoms with Crippen LogP contribution < -0.4 is 5.56 Å². The molecule has 7 N–H and O–H groups in total. The van der Waals surface area contributed by atoms with Crippen molar-refractivity contribution < 1.29 is 61.4 Å². The molecular formula is C10H14ClN4O14P3. The van der Waals surface area contributed by atoms with Gasteiger partial charge in [-0.25, -0.2) is 18.7 Å². The zero-order valence-corrected chi connectivity index (χ0v) is 18.5. The fourth-order valence-electron chi connectivity index (χ4n) is 2.65. The maximum Gasteiger partial charge on any atom is 0.490 e. The van der Waals surface area contributed by atoms with Crippen molar-refractivity contribution >= 4 is 46.2 Å². The van der Waals surface area contributed by atoms with Crippen LogP contribution in [0.3, 0.4) is 0 Å². The van der Waals surface area contributed by atoms with Crippen molar-refractivity contribution in [2.45, 2.75) is 24.5 Å². The fraction of sp³-hybridized carbons (Fsp3) is 0.500. The maximum absolute atomic E-state index is 11.8. The number of halogens is 1. The van der Waals surface area contributed by atoms with E-state index in [1.165, 1.54) is 0 Å². The van der Waals surface area contributed by atoms with Gasteiger partial charge in [0, 0.05) is 0 Å². The molecule has 22 heteroatoms. The van der Waals surface area contributed by atoms with Crippen molar-refractivity contribution in [1.29, 1.82) is 0 Å². The highest BCUT2D eigenvalue weighted by Crippen LogP contribution is 2.66. The summed E-state index contributed by atoms with van der Waals surface area (Å²) in [6.45, 7) is -1.01. The molecule has 1 fully saturated rings. The molecule has 0 saturated carbocycles. The van der Waals surface area contributed by atoms with E-state index in [0.29, 0.717) is 0 Å². The number of nitrogens with one attached hydrogen (secondary N) is 1. The first-order valence-electron chi connectivity index (χ1n) is 8.01. The van der Waals surface area contributed by atoms with Gasteiger partial charge in [-0.2, -0.15) is 13.6 Å². The molecule has 6 atom stereocenters. The highest BCUT2D eigenvalue weighted by Gasteiger charge is 2.47. The van der Waals surface area contributed by atoms with Crippen LogP contribution in [0.15, 0.2) is 11.1 Å². The van der Waals surface area contributed by atoms with Crippen LogP contribution in [0.1, 0.15) is 6.23 Å². The number of rotatable bonds is 8.